The van der Waals surface area contributed by atoms with Crippen LogP contribution in [0.25, 0.3) is 22.5 Å². The van der Waals surface area contributed by atoms with Crippen LogP contribution in [0.2, 0.25) is 0 Å². The minimum absolute atomic E-state index is 0.101. The molecule has 0 fully saturated rings. The van der Waals surface area contributed by atoms with Crippen LogP contribution >= 0.6 is 0 Å². The first-order valence-corrected chi connectivity index (χ1v) is 12.0. The van der Waals surface area contributed by atoms with Gasteiger partial charge in [-0.3, -0.25) is 0 Å². The number of benzene rings is 3. The Bertz CT molecular complexity index is 1430. The average molecular weight is 496 g/mol. The second-order valence-corrected chi connectivity index (χ2v) is 8.23. The van der Waals surface area contributed by atoms with Gasteiger partial charge in [-0.2, -0.15) is 5.26 Å². The molecular weight excluding hydrogens is 466 g/mol. The third kappa shape index (κ3) is 5.29. The van der Waals surface area contributed by atoms with Crippen molar-refractivity contribution < 1.29 is 19.0 Å². The molecule has 0 aliphatic heterocycles. The zero-order chi connectivity index (χ0) is 26.4. The van der Waals surface area contributed by atoms with Crippen LogP contribution in [0.5, 0.6) is 17.2 Å². The molecule has 3 aromatic carbocycles. The molecular formula is C30H29N3O4. The quantitative estimate of drug-likeness (QED) is 0.257. The Balaban J connectivity index is 1.80. The van der Waals surface area contributed by atoms with Crippen molar-refractivity contribution in [1.82, 2.24) is 0 Å². The maximum Gasteiger partial charge on any atom is 0.238 e. The summed E-state index contributed by atoms with van der Waals surface area (Å²) >= 11 is 0. The van der Waals surface area contributed by atoms with Gasteiger partial charge >= 0.3 is 0 Å². The third-order valence-electron chi connectivity index (χ3n) is 6.20. The van der Waals surface area contributed by atoms with Gasteiger partial charge < -0.3 is 23.9 Å². The maximum absolute atomic E-state index is 10.6. The minimum atomic E-state index is 0.101. The van der Waals surface area contributed by atoms with Gasteiger partial charge in [-0.1, -0.05) is 12.1 Å². The summed E-state index contributed by atoms with van der Waals surface area (Å²) in [5, 5.41) is 20.7. The number of anilines is 1. The summed E-state index contributed by atoms with van der Waals surface area (Å²) in [5.41, 5.74) is 3.94. The number of hydrogen-bond acceptors (Lipinski definition) is 7. The molecule has 0 saturated carbocycles. The smallest absolute Gasteiger partial charge is 0.238 e. The van der Waals surface area contributed by atoms with Crippen LogP contribution in [0.4, 0.5) is 11.6 Å². The Kier molecular flexibility index (Phi) is 7.80. The van der Waals surface area contributed by atoms with Crippen molar-refractivity contribution in [3.63, 3.8) is 0 Å². The summed E-state index contributed by atoms with van der Waals surface area (Å²) in [4.78, 5) is 6.63. The van der Waals surface area contributed by atoms with Crippen LogP contribution in [0.1, 0.15) is 25.0 Å². The summed E-state index contributed by atoms with van der Waals surface area (Å²) in [7, 11) is 3.21. The van der Waals surface area contributed by atoms with Crippen LogP contribution in [0.3, 0.4) is 0 Å². The Labute approximate surface area is 216 Å². The fourth-order valence-electron chi connectivity index (χ4n) is 4.15. The van der Waals surface area contributed by atoms with E-state index in [-0.39, 0.29) is 11.6 Å². The van der Waals surface area contributed by atoms with Crippen molar-refractivity contribution in [2.75, 3.05) is 32.2 Å². The molecule has 4 aromatic rings. The van der Waals surface area contributed by atoms with E-state index < -0.39 is 0 Å². The highest BCUT2D eigenvalue weighted by molar-refractivity contribution is 5.91. The number of hydrogen-bond donors (Lipinski definition) is 1. The van der Waals surface area contributed by atoms with E-state index in [9.17, 15) is 10.4 Å². The van der Waals surface area contributed by atoms with Gasteiger partial charge in [0.25, 0.3) is 0 Å². The predicted octanol–water partition coefficient (Wildman–Crippen LogP) is 6.80. The number of furan rings is 1. The summed E-state index contributed by atoms with van der Waals surface area (Å²) < 4.78 is 16.8. The molecule has 0 aliphatic rings. The molecule has 1 aromatic heterocycles. The number of methoxy groups -OCH3 is 2. The fourth-order valence-corrected chi connectivity index (χ4v) is 4.15. The summed E-state index contributed by atoms with van der Waals surface area (Å²) in [6.07, 6.45) is 1.51. The maximum atomic E-state index is 10.6. The number of nitrogens with zero attached hydrogens (tertiary/aromatic N) is 3. The van der Waals surface area contributed by atoms with Crippen molar-refractivity contribution >= 4 is 17.8 Å². The summed E-state index contributed by atoms with van der Waals surface area (Å²) in [6, 6.07) is 22.5. The van der Waals surface area contributed by atoms with Crippen LogP contribution in [0.15, 0.2) is 76.1 Å². The van der Waals surface area contributed by atoms with E-state index in [2.05, 4.69) is 29.8 Å². The van der Waals surface area contributed by atoms with E-state index in [0.717, 1.165) is 29.9 Å². The molecule has 7 nitrogen and oxygen atoms in total. The number of aromatic hydroxyl groups is 1. The molecule has 0 unspecified atom stereocenters. The zero-order valence-corrected chi connectivity index (χ0v) is 21.4. The van der Waals surface area contributed by atoms with Gasteiger partial charge in [0, 0.05) is 47.7 Å². The average Bonchev–Trinajstić information content (AvgIpc) is 3.31. The standard InChI is InChI=1S/C30H29N3O4/c1-5-33(6-2)23-12-7-22(27(34)17-23)19-32-30-26(18-31)28(20-8-13-24(35-3)14-9-20)29(37-30)21-10-15-25(36-4)16-11-21/h7-17,19,34H,5-6H2,1-4H3. The van der Waals surface area contributed by atoms with Crippen LogP contribution < -0.4 is 14.4 Å². The Morgan fingerprint density at radius 3 is 2.03 bits per heavy atom. The van der Waals surface area contributed by atoms with Gasteiger partial charge in [-0.05, 0) is 67.9 Å². The molecule has 0 atom stereocenters. The van der Waals surface area contributed by atoms with Gasteiger partial charge in [0.05, 0.1) is 14.2 Å². The predicted molar refractivity (Wildman–Crippen MR) is 146 cm³/mol. The molecule has 0 saturated heterocycles. The molecule has 1 heterocycles. The van der Waals surface area contributed by atoms with Crippen molar-refractivity contribution in [3.8, 4) is 45.8 Å². The first kappa shape index (κ1) is 25.4. The molecule has 0 bridgehead atoms. The molecule has 188 valence electrons. The van der Waals surface area contributed by atoms with Gasteiger partial charge in [0.2, 0.25) is 5.88 Å². The minimum Gasteiger partial charge on any atom is -0.507 e. The Morgan fingerprint density at radius 1 is 0.919 bits per heavy atom. The third-order valence-corrected chi connectivity index (χ3v) is 6.20. The molecule has 0 spiro atoms. The SMILES string of the molecule is CCN(CC)c1ccc(C=Nc2oc(-c3ccc(OC)cc3)c(-c3ccc(OC)cc3)c2C#N)c(O)c1. The number of phenols is 1. The van der Waals surface area contributed by atoms with Crippen molar-refractivity contribution in [2.45, 2.75) is 13.8 Å². The topological polar surface area (TPSA) is 91.2 Å². The Hall–Kier alpha value is -4.70. The molecule has 4 rings (SSSR count). The largest absolute Gasteiger partial charge is 0.507 e. The second kappa shape index (κ2) is 11.4. The van der Waals surface area contributed by atoms with Gasteiger partial charge in [0.15, 0.2) is 0 Å². The van der Waals surface area contributed by atoms with E-state index in [1.165, 1.54) is 6.21 Å². The van der Waals surface area contributed by atoms with Crippen molar-refractivity contribution in [1.29, 1.82) is 5.26 Å². The monoisotopic (exact) mass is 495 g/mol. The lowest BCUT2D eigenvalue weighted by Crippen LogP contribution is -2.21. The van der Waals surface area contributed by atoms with E-state index in [0.29, 0.717) is 33.9 Å². The van der Waals surface area contributed by atoms with E-state index in [4.69, 9.17) is 13.9 Å². The number of phenolic OH excluding ortho intramolecular Hbond substituents is 1. The fraction of sp³-hybridized carbons (Fsp3) is 0.200. The lowest BCUT2D eigenvalue weighted by molar-refractivity contribution is 0.414. The van der Waals surface area contributed by atoms with Gasteiger partial charge in [-0.25, -0.2) is 4.99 Å². The van der Waals surface area contributed by atoms with Crippen LogP contribution in [-0.4, -0.2) is 38.6 Å². The number of rotatable bonds is 9. The highest BCUT2D eigenvalue weighted by Crippen LogP contribution is 2.43. The molecule has 0 amide bonds. The van der Waals surface area contributed by atoms with E-state index >= 15 is 0 Å². The number of ether oxygens (including phenoxy) is 2. The second-order valence-electron chi connectivity index (χ2n) is 8.23. The number of nitriles is 1. The first-order valence-electron chi connectivity index (χ1n) is 12.0. The first-order chi connectivity index (χ1) is 18.0. The normalized spacial score (nSPS) is 10.9. The molecule has 1 N–H and O–H groups in total. The zero-order valence-electron chi connectivity index (χ0n) is 21.4. The summed E-state index contributed by atoms with van der Waals surface area (Å²) in [5.74, 6) is 2.19. The van der Waals surface area contributed by atoms with Gasteiger partial charge in [-0.15, -0.1) is 0 Å². The summed E-state index contributed by atoms with van der Waals surface area (Å²) in [6.45, 7) is 5.81. The highest BCUT2D eigenvalue weighted by atomic mass is 16.5. The Morgan fingerprint density at radius 2 is 1.51 bits per heavy atom. The number of aliphatic imine (C=N–C) groups is 1. The van der Waals surface area contributed by atoms with E-state index in [1.807, 2.05) is 54.6 Å². The van der Waals surface area contributed by atoms with Crippen molar-refractivity contribution in [2.24, 2.45) is 4.99 Å². The molecule has 7 heteroatoms. The van der Waals surface area contributed by atoms with E-state index in [1.54, 1.807) is 26.4 Å². The lowest BCUT2D eigenvalue weighted by atomic mass is 9.98. The van der Waals surface area contributed by atoms with Gasteiger partial charge in [0.1, 0.15) is 34.6 Å². The molecule has 0 radical (unpaired) electrons. The van der Waals surface area contributed by atoms with Crippen molar-refractivity contribution in [3.05, 3.63) is 77.9 Å². The molecule has 37 heavy (non-hydrogen) atoms. The van der Waals surface area contributed by atoms with Crippen LogP contribution in [-0.2, 0) is 0 Å². The van der Waals surface area contributed by atoms with Crippen LogP contribution in [0, 0.1) is 11.3 Å². The molecule has 0 aliphatic carbocycles. The lowest BCUT2D eigenvalue weighted by Gasteiger charge is -2.21. The highest BCUT2D eigenvalue weighted by Gasteiger charge is 2.23.